The Bertz CT molecular complexity index is 1880. The molecule has 0 heterocycles. The molecule has 4 aromatic rings. The minimum absolute atomic E-state index is 0.680. The van der Waals surface area contributed by atoms with Crippen molar-refractivity contribution in [1.29, 1.82) is 0 Å². The number of anilines is 4. The number of aliphatic imine (C=N–C) groups is 2. The molecule has 12 heteroatoms. The lowest BCUT2D eigenvalue weighted by Crippen LogP contribution is -2.31. The van der Waals surface area contributed by atoms with Gasteiger partial charge in [0, 0.05) is 48.9 Å². The molecule has 0 saturated heterocycles. The number of aryl methyl sites for hydroxylation is 8. The normalized spacial score (nSPS) is 11.0. The summed E-state index contributed by atoms with van der Waals surface area (Å²) in [5.41, 5.74) is 14.3. The Kier molecular flexibility index (Phi) is 26.6. The number of nitrogens with one attached hydrogen (secondary N) is 6. The molecule has 4 aromatic carbocycles. The Balaban J connectivity index is 0.000000404. The molecule has 6 N–H and O–H groups in total. The summed E-state index contributed by atoms with van der Waals surface area (Å²) in [6.45, 7) is 22.3. The topological polar surface area (TPSA) is 96.9 Å². The zero-order valence-corrected chi connectivity index (χ0v) is 43.1. The number of unbranched alkanes of at least 4 members (excludes halogenated alkanes) is 4. The van der Waals surface area contributed by atoms with E-state index < -0.39 is 0 Å². The highest BCUT2D eigenvalue weighted by Crippen LogP contribution is 2.23. The molecule has 0 aliphatic heterocycles. The molecular weight excluding hydrogens is 924 g/mol. The number of benzene rings is 4. The van der Waals surface area contributed by atoms with Crippen molar-refractivity contribution in [2.24, 2.45) is 9.98 Å². The highest BCUT2D eigenvalue weighted by molar-refractivity contribution is 14.1. The number of thiocarbonyl (C=S) groups is 2. The predicted molar refractivity (Wildman–Crippen MR) is 291 cm³/mol. The Morgan fingerprint density at radius 3 is 1.15 bits per heavy atom. The van der Waals surface area contributed by atoms with E-state index in [1.165, 1.54) is 55.9 Å². The average molecular weight is 995 g/mol. The molecule has 0 unspecified atom stereocenters. The summed E-state index contributed by atoms with van der Waals surface area (Å²) in [4.78, 5) is 11.4. The largest absolute Gasteiger partial charge is 0.362 e. The van der Waals surface area contributed by atoms with Gasteiger partial charge in [0.15, 0.2) is 15.4 Å². The van der Waals surface area contributed by atoms with Gasteiger partial charge in [-0.15, -0.1) is 0 Å². The lowest BCUT2D eigenvalue weighted by Gasteiger charge is -2.15. The third kappa shape index (κ3) is 20.3. The maximum atomic E-state index is 5.41. The molecule has 8 nitrogen and oxygen atoms in total. The predicted octanol–water partition coefficient (Wildman–Crippen LogP) is 13.2. The van der Waals surface area contributed by atoms with Gasteiger partial charge >= 0.3 is 0 Å². The van der Waals surface area contributed by atoms with E-state index in [0.717, 1.165) is 87.1 Å². The van der Waals surface area contributed by atoms with Crippen LogP contribution in [0.3, 0.4) is 0 Å². The zero-order valence-electron chi connectivity index (χ0n) is 38.5. The number of rotatable bonds is 16. The molecule has 0 aliphatic carbocycles. The van der Waals surface area contributed by atoms with Crippen LogP contribution in [0.5, 0.6) is 0 Å². The summed E-state index contributed by atoms with van der Waals surface area (Å²) in [5, 5.41) is 22.5. The molecule has 0 spiro atoms. The van der Waals surface area contributed by atoms with Gasteiger partial charge in [0.05, 0.1) is 5.84 Å². The number of hydrogen-bond donors (Lipinski definition) is 6. The Hall–Kier alpha value is -3.72. The molecule has 0 amide bonds. The first-order valence-corrected chi connectivity index (χ1v) is 25.4. The first kappa shape index (κ1) is 53.4. The number of amidine groups is 2. The summed E-state index contributed by atoms with van der Waals surface area (Å²) >= 11 is 14.6. The summed E-state index contributed by atoms with van der Waals surface area (Å²) in [5.74, 6) is 0.980. The first-order valence-electron chi connectivity index (χ1n) is 21.2. The standard InChI is InChI=1S/C25H36N4S.C23H32N4S2.CH3I/c1-18-12-10-13-19(2)23(18)28-22(5)26-16-8-7-9-17-27-25(30-6)29-24-20(3)14-11-15-21(24)4;1-16-10-8-11-17(2)20(16)26-22(28)24-14-6-5-7-15-25-23(29)27-21-18(3)12-9-13-19(21)4;1-2/h10-15H,7-9,16-17H2,1-6H3,(H,26,28)(H,27,29);8-13H,5-7,14-15H2,1-4H3,(H2,24,26,28)(H2,25,27,29);1H3. The fraction of sp³-hybridized carbons (Fsp3) is 0.429. The van der Waals surface area contributed by atoms with E-state index >= 15 is 0 Å². The second-order valence-corrected chi connectivity index (χ2v) is 16.7. The Morgan fingerprint density at radius 2 is 0.787 bits per heavy atom. The van der Waals surface area contributed by atoms with E-state index in [1.54, 1.807) is 11.8 Å². The molecule has 0 aliphatic rings. The van der Waals surface area contributed by atoms with E-state index in [9.17, 15) is 0 Å². The van der Waals surface area contributed by atoms with Crippen LogP contribution in [0.25, 0.3) is 0 Å². The molecule has 0 aromatic heterocycles. The van der Waals surface area contributed by atoms with Gasteiger partial charge in [-0.25, -0.2) is 0 Å². The van der Waals surface area contributed by atoms with Crippen molar-refractivity contribution in [3.05, 3.63) is 117 Å². The van der Waals surface area contributed by atoms with Gasteiger partial charge in [0.2, 0.25) is 0 Å². The molecule has 0 saturated carbocycles. The van der Waals surface area contributed by atoms with Crippen LogP contribution in [-0.4, -0.2) is 58.6 Å². The summed E-state index contributed by atoms with van der Waals surface area (Å²) < 4.78 is 0. The maximum absolute atomic E-state index is 5.41. The van der Waals surface area contributed by atoms with Crippen LogP contribution in [0, 0.1) is 55.4 Å². The van der Waals surface area contributed by atoms with Gasteiger partial charge in [0.25, 0.3) is 0 Å². The average Bonchev–Trinajstić information content (AvgIpc) is 3.23. The number of thioether (sulfide) groups is 1. The fourth-order valence-corrected chi connectivity index (χ4v) is 7.34. The molecule has 4 rings (SSSR count). The van der Waals surface area contributed by atoms with Crippen molar-refractivity contribution in [3.8, 4) is 0 Å². The van der Waals surface area contributed by atoms with Gasteiger partial charge in [0.1, 0.15) is 0 Å². The minimum Gasteiger partial charge on any atom is -0.362 e. The van der Waals surface area contributed by atoms with Crippen molar-refractivity contribution < 1.29 is 0 Å². The first-order chi connectivity index (χ1) is 29.3. The Morgan fingerprint density at radius 1 is 0.475 bits per heavy atom. The quantitative estimate of drug-likeness (QED) is 0.0164. The monoisotopic (exact) mass is 994 g/mol. The number of nitrogens with zero attached hydrogens (tertiary/aromatic N) is 2. The fourth-order valence-electron chi connectivity index (χ4n) is 6.50. The van der Waals surface area contributed by atoms with Gasteiger partial charge < -0.3 is 31.9 Å². The highest BCUT2D eigenvalue weighted by Gasteiger charge is 2.07. The van der Waals surface area contributed by atoms with E-state index in [0.29, 0.717) is 10.2 Å². The molecule has 332 valence electrons. The molecule has 0 atom stereocenters. The van der Waals surface area contributed by atoms with Crippen molar-refractivity contribution >= 4 is 103 Å². The lowest BCUT2D eigenvalue weighted by molar-refractivity contribution is 0.655. The van der Waals surface area contributed by atoms with Crippen LogP contribution in [0.15, 0.2) is 82.8 Å². The van der Waals surface area contributed by atoms with Crippen molar-refractivity contribution in [1.82, 2.24) is 10.6 Å². The highest BCUT2D eigenvalue weighted by atomic mass is 127. The molecule has 61 heavy (non-hydrogen) atoms. The number of hydrogen-bond acceptors (Lipinski definition) is 5. The third-order valence-electron chi connectivity index (χ3n) is 9.98. The van der Waals surface area contributed by atoms with Crippen LogP contribution in [0.1, 0.15) is 90.0 Å². The lowest BCUT2D eigenvalue weighted by atomic mass is 10.1. The minimum atomic E-state index is 0.680. The number of halogens is 1. The second-order valence-electron chi connectivity index (χ2n) is 15.1. The van der Waals surface area contributed by atoms with Crippen LogP contribution in [0.4, 0.5) is 22.7 Å². The Labute approximate surface area is 397 Å². The van der Waals surface area contributed by atoms with Crippen LogP contribution < -0.4 is 31.9 Å². The van der Waals surface area contributed by atoms with E-state index in [-0.39, 0.29) is 0 Å². The second kappa shape index (κ2) is 30.3. The van der Waals surface area contributed by atoms with E-state index in [4.69, 9.17) is 29.4 Å². The van der Waals surface area contributed by atoms with Gasteiger partial charge in [-0.1, -0.05) is 107 Å². The van der Waals surface area contributed by atoms with Crippen molar-refractivity contribution in [2.75, 3.05) is 58.6 Å². The smallest absolute Gasteiger partial charge is 0.170 e. The van der Waals surface area contributed by atoms with Crippen LogP contribution >= 0.6 is 58.8 Å². The molecule has 0 bridgehead atoms. The number of alkyl halides is 1. The van der Waals surface area contributed by atoms with Crippen molar-refractivity contribution in [3.63, 3.8) is 0 Å². The van der Waals surface area contributed by atoms with E-state index in [1.807, 2.05) is 11.9 Å². The van der Waals surface area contributed by atoms with E-state index in [2.05, 4.69) is 194 Å². The number of para-hydroxylation sites is 4. The van der Waals surface area contributed by atoms with Crippen molar-refractivity contribution in [2.45, 2.75) is 101 Å². The third-order valence-corrected chi connectivity index (χ3v) is 11.1. The SMILES string of the molecule is CI.CSC(=NCCCCCN=C(C)Nc1c(C)cccc1C)Nc1c(C)cccc1C.Cc1cccc(C)c1NC(=S)NCCCCCNC(=S)Nc1c(C)cccc1C. The van der Waals surface area contributed by atoms with Crippen LogP contribution in [-0.2, 0) is 0 Å². The summed E-state index contributed by atoms with van der Waals surface area (Å²) in [6.07, 6.45) is 8.60. The summed E-state index contributed by atoms with van der Waals surface area (Å²) in [6, 6.07) is 25.2. The van der Waals surface area contributed by atoms with Gasteiger partial charge in [-0.05, 0) is 181 Å². The molecule has 0 fully saturated rings. The maximum Gasteiger partial charge on any atom is 0.170 e. The summed E-state index contributed by atoms with van der Waals surface area (Å²) in [7, 11) is 0. The zero-order chi connectivity index (χ0) is 45.2. The van der Waals surface area contributed by atoms with Crippen LogP contribution in [0.2, 0.25) is 0 Å². The van der Waals surface area contributed by atoms with Gasteiger partial charge in [-0.2, -0.15) is 0 Å². The molecule has 0 radical (unpaired) electrons. The molecular formula is C49H71IN8S3. The van der Waals surface area contributed by atoms with Gasteiger partial charge in [-0.3, -0.25) is 9.98 Å².